The Bertz CT molecular complexity index is 219. The Morgan fingerprint density at radius 3 is 2.62 bits per heavy atom. The smallest absolute Gasteiger partial charge is 0.114 e. The minimum absolute atomic E-state index is 0.181. The molecule has 2 rings (SSSR count). The van der Waals surface area contributed by atoms with Crippen LogP contribution in [0.3, 0.4) is 0 Å². The lowest BCUT2D eigenvalue weighted by Gasteiger charge is -2.38. The average molecular weight is 230 g/mol. The molecule has 2 aliphatic rings. The minimum atomic E-state index is -0.684. The fourth-order valence-electron chi connectivity index (χ4n) is 3.09. The highest BCUT2D eigenvalue weighted by molar-refractivity contribution is 4.91. The number of rotatable bonds is 3. The Morgan fingerprint density at radius 2 is 2.00 bits per heavy atom. The van der Waals surface area contributed by atoms with Gasteiger partial charge in [0.05, 0.1) is 0 Å². The molecule has 0 bridgehead atoms. The molecule has 2 heterocycles. The number of piperidine rings is 1. The summed E-state index contributed by atoms with van der Waals surface area (Å²) in [5, 5.41) is 9.01. The van der Waals surface area contributed by atoms with Gasteiger partial charge in [-0.3, -0.25) is 4.90 Å². The van der Waals surface area contributed by atoms with Crippen molar-refractivity contribution in [2.45, 2.75) is 43.9 Å². The largest absolute Gasteiger partial charge is 0.396 e. The molecule has 2 fully saturated rings. The Kier molecular flexibility index (Phi) is 4.16. The van der Waals surface area contributed by atoms with E-state index in [1.807, 2.05) is 0 Å². The van der Waals surface area contributed by atoms with Crippen molar-refractivity contribution in [3.63, 3.8) is 0 Å². The molecule has 0 aromatic carbocycles. The molecular weight excluding hydrogens is 207 g/mol. The quantitative estimate of drug-likeness (QED) is 0.779. The Balaban J connectivity index is 1.91. The van der Waals surface area contributed by atoms with Gasteiger partial charge in [0.15, 0.2) is 0 Å². The van der Waals surface area contributed by atoms with Gasteiger partial charge in [-0.2, -0.15) is 0 Å². The van der Waals surface area contributed by atoms with Gasteiger partial charge in [0.25, 0.3) is 0 Å². The molecule has 4 heteroatoms. The molecule has 0 aromatic heterocycles. The van der Waals surface area contributed by atoms with E-state index in [-0.39, 0.29) is 12.6 Å². The van der Waals surface area contributed by atoms with Gasteiger partial charge in [-0.15, -0.1) is 0 Å². The van der Waals surface area contributed by atoms with Crippen molar-refractivity contribution < 1.29 is 9.50 Å². The van der Waals surface area contributed by atoms with Crippen molar-refractivity contribution in [1.29, 1.82) is 0 Å². The van der Waals surface area contributed by atoms with Crippen LogP contribution in [0.15, 0.2) is 0 Å². The lowest BCUT2D eigenvalue weighted by atomic mass is 10.0. The van der Waals surface area contributed by atoms with Gasteiger partial charge in [-0.1, -0.05) is 0 Å². The fourth-order valence-corrected chi connectivity index (χ4v) is 3.09. The van der Waals surface area contributed by atoms with E-state index in [1.54, 1.807) is 0 Å². The van der Waals surface area contributed by atoms with Crippen LogP contribution in [0.5, 0.6) is 0 Å². The van der Waals surface area contributed by atoms with Gasteiger partial charge in [0.2, 0.25) is 0 Å². The molecule has 0 spiro atoms. The number of hydrogen-bond acceptors (Lipinski definition) is 3. The Hall–Kier alpha value is -0.190. The topological polar surface area (TPSA) is 26.7 Å². The van der Waals surface area contributed by atoms with Crippen LogP contribution in [0, 0.1) is 0 Å². The molecule has 2 saturated heterocycles. The highest BCUT2D eigenvalue weighted by Crippen LogP contribution is 2.28. The molecule has 94 valence electrons. The summed E-state index contributed by atoms with van der Waals surface area (Å²) in [6.07, 6.45) is 2.95. The van der Waals surface area contributed by atoms with Crippen LogP contribution in [-0.2, 0) is 0 Å². The standard InChI is InChI=1S/C12H23FN2O/c1-14-5-2-11(3-6-14)15-9-10(13)8-12(15)4-7-16/h10-12,16H,2-9H2,1H3/t10-,12+/m1/s1. The summed E-state index contributed by atoms with van der Waals surface area (Å²) in [7, 11) is 2.14. The number of alkyl halides is 1. The number of nitrogens with zero attached hydrogens (tertiary/aromatic N) is 2. The maximum Gasteiger partial charge on any atom is 0.114 e. The number of likely N-dealkylation sites (tertiary alicyclic amines) is 2. The van der Waals surface area contributed by atoms with Gasteiger partial charge in [0.1, 0.15) is 6.17 Å². The predicted molar refractivity (Wildman–Crippen MR) is 62.2 cm³/mol. The van der Waals surface area contributed by atoms with Crippen LogP contribution in [-0.4, -0.2) is 66.5 Å². The minimum Gasteiger partial charge on any atom is -0.396 e. The van der Waals surface area contributed by atoms with Crippen molar-refractivity contribution in [2.24, 2.45) is 0 Å². The third kappa shape index (κ3) is 2.73. The summed E-state index contributed by atoms with van der Waals surface area (Å²) < 4.78 is 13.4. The first-order valence-corrected chi connectivity index (χ1v) is 6.40. The van der Waals surface area contributed by atoms with E-state index in [1.165, 1.54) is 0 Å². The van der Waals surface area contributed by atoms with E-state index >= 15 is 0 Å². The zero-order chi connectivity index (χ0) is 11.5. The number of aliphatic hydroxyl groups excluding tert-OH is 1. The van der Waals surface area contributed by atoms with Crippen LogP contribution < -0.4 is 0 Å². The normalized spacial score (nSPS) is 34.7. The van der Waals surface area contributed by atoms with Crippen molar-refractivity contribution in [2.75, 3.05) is 33.3 Å². The van der Waals surface area contributed by atoms with Crippen LogP contribution in [0.25, 0.3) is 0 Å². The summed E-state index contributed by atoms with van der Waals surface area (Å²) in [5.74, 6) is 0. The molecule has 0 aliphatic carbocycles. The third-order valence-corrected chi connectivity index (χ3v) is 4.03. The molecule has 0 aromatic rings. The van der Waals surface area contributed by atoms with E-state index in [4.69, 9.17) is 5.11 Å². The average Bonchev–Trinajstić information content (AvgIpc) is 2.61. The molecule has 2 atom stereocenters. The maximum atomic E-state index is 13.4. The van der Waals surface area contributed by atoms with E-state index < -0.39 is 6.17 Å². The molecule has 3 nitrogen and oxygen atoms in total. The van der Waals surface area contributed by atoms with Gasteiger partial charge in [-0.25, -0.2) is 4.39 Å². The number of hydrogen-bond donors (Lipinski definition) is 1. The van der Waals surface area contributed by atoms with Gasteiger partial charge in [-0.05, 0) is 45.8 Å². The second-order valence-electron chi connectivity index (χ2n) is 5.23. The lowest BCUT2D eigenvalue weighted by molar-refractivity contribution is 0.0945. The highest BCUT2D eigenvalue weighted by atomic mass is 19.1. The third-order valence-electron chi connectivity index (χ3n) is 4.03. The molecule has 1 N–H and O–H groups in total. The van der Waals surface area contributed by atoms with Crippen molar-refractivity contribution in [3.05, 3.63) is 0 Å². The van der Waals surface area contributed by atoms with Crippen molar-refractivity contribution in [1.82, 2.24) is 9.80 Å². The molecule has 0 saturated carbocycles. The summed E-state index contributed by atoms with van der Waals surface area (Å²) >= 11 is 0. The van der Waals surface area contributed by atoms with Crippen LogP contribution in [0.4, 0.5) is 4.39 Å². The Labute approximate surface area is 97.2 Å². The first-order chi connectivity index (χ1) is 7.70. The van der Waals surface area contributed by atoms with E-state index in [0.717, 1.165) is 32.4 Å². The van der Waals surface area contributed by atoms with Crippen LogP contribution in [0.2, 0.25) is 0 Å². The first kappa shape index (κ1) is 12.3. The summed E-state index contributed by atoms with van der Waals surface area (Å²) in [5.41, 5.74) is 0. The molecule has 16 heavy (non-hydrogen) atoms. The van der Waals surface area contributed by atoms with Gasteiger partial charge < -0.3 is 10.0 Å². The maximum absolute atomic E-state index is 13.4. The SMILES string of the molecule is CN1CCC(N2C[C@H](F)C[C@@H]2CCO)CC1. The molecule has 2 aliphatic heterocycles. The first-order valence-electron chi connectivity index (χ1n) is 6.40. The Morgan fingerprint density at radius 1 is 1.31 bits per heavy atom. The van der Waals surface area contributed by atoms with E-state index in [9.17, 15) is 4.39 Å². The van der Waals surface area contributed by atoms with E-state index in [0.29, 0.717) is 19.0 Å². The van der Waals surface area contributed by atoms with Crippen LogP contribution in [0.1, 0.15) is 25.7 Å². The lowest BCUT2D eigenvalue weighted by Crippen LogP contribution is -2.46. The number of halogens is 1. The molecule has 0 unspecified atom stereocenters. The summed E-state index contributed by atoms with van der Waals surface area (Å²) in [6.45, 7) is 2.99. The molecule has 0 amide bonds. The second-order valence-corrected chi connectivity index (χ2v) is 5.23. The van der Waals surface area contributed by atoms with E-state index in [2.05, 4.69) is 16.8 Å². The van der Waals surface area contributed by atoms with Crippen molar-refractivity contribution >= 4 is 0 Å². The van der Waals surface area contributed by atoms with Gasteiger partial charge in [0, 0.05) is 25.2 Å². The highest BCUT2D eigenvalue weighted by Gasteiger charge is 2.36. The summed E-state index contributed by atoms with van der Waals surface area (Å²) in [4.78, 5) is 4.65. The predicted octanol–water partition coefficient (Wildman–Crippen LogP) is 0.875. The van der Waals surface area contributed by atoms with Crippen LogP contribution >= 0.6 is 0 Å². The monoisotopic (exact) mass is 230 g/mol. The summed E-state index contributed by atoms with van der Waals surface area (Å²) in [6, 6.07) is 0.807. The number of aliphatic hydroxyl groups is 1. The zero-order valence-electron chi connectivity index (χ0n) is 10.1. The molecular formula is C12H23FN2O. The van der Waals surface area contributed by atoms with Gasteiger partial charge >= 0.3 is 0 Å². The molecule has 0 radical (unpaired) electrons. The second kappa shape index (κ2) is 5.43. The zero-order valence-corrected chi connectivity index (χ0v) is 10.1. The fraction of sp³-hybridized carbons (Fsp3) is 1.00. The van der Waals surface area contributed by atoms with Crippen molar-refractivity contribution in [3.8, 4) is 0 Å².